The van der Waals surface area contributed by atoms with Gasteiger partial charge in [-0.2, -0.15) is 4.31 Å². The Morgan fingerprint density at radius 1 is 1.21 bits per heavy atom. The first-order valence-electron chi connectivity index (χ1n) is 11.8. The van der Waals surface area contributed by atoms with Crippen molar-refractivity contribution >= 4 is 20.9 Å². The standard InChI is InChI=1S/C24H31N5O4S/c1-26-10-21(25-15-26)34(31,32)29-13-24(14-29)12-28(9-16-4-5-16)20(11-30)23-22(24)18-7-6-17(33-3)8-19(18)27(23)2/h6-8,10,15-16,20,30H,4-5,9,11-14H2,1-3H3/t20-/m1/s1. The van der Waals surface area contributed by atoms with Gasteiger partial charge >= 0.3 is 0 Å². The molecule has 0 unspecified atom stereocenters. The number of aliphatic hydroxyl groups is 1. The van der Waals surface area contributed by atoms with E-state index in [1.165, 1.54) is 24.7 Å². The molecule has 0 radical (unpaired) electrons. The van der Waals surface area contributed by atoms with Crippen LogP contribution in [-0.2, 0) is 29.5 Å². The van der Waals surface area contributed by atoms with Gasteiger partial charge in [0.1, 0.15) is 5.75 Å². The van der Waals surface area contributed by atoms with Gasteiger partial charge in [0.2, 0.25) is 0 Å². The molecule has 3 aromatic rings. The Morgan fingerprint density at radius 2 is 1.97 bits per heavy atom. The molecule has 1 N–H and O–H groups in total. The minimum Gasteiger partial charge on any atom is -0.497 e. The molecule has 9 nitrogen and oxygen atoms in total. The van der Waals surface area contributed by atoms with Gasteiger partial charge in [-0.05, 0) is 36.5 Å². The van der Waals surface area contributed by atoms with Gasteiger partial charge in [0.05, 0.1) is 31.6 Å². The van der Waals surface area contributed by atoms with Crippen LogP contribution in [0.1, 0.15) is 30.1 Å². The van der Waals surface area contributed by atoms with E-state index < -0.39 is 10.0 Å². The molecule has 182 valence electrons. The number of rotatable bonds is 6. The van der Waals surface area contributed by atoms with Crippen LogP contribution in [0.3, 0.4) is 0 Å². The number of fused-ring (bicyclic) bond motifs is 4. The van der Waals surface area contributed by atoms with E-state index in [0.29, 0.717) is 19.0 Å². The van der Waals surface area contributed by atoms with Gasteiger partial charge in [-0.15, -0.1) is 0 Å². The second-order valence-corrected chi connectivity index (χ2v) is 12.1. The molecular weight excluding hydrogens is 454 g/mol. The Labute approximate surface area is 199 Å². The van der Waals surface area contributed by atoms with E-state index in [1.54, 1.807) is 29.2 Å². The Bertz CT molecular complexity index is 1370. The van der Waals surface area contributed by atoms with Crippen molar-refractivity contribution in [3.63, 3.8) is 0 Å². The third-order valence-electron chi connectivity index (χ3n) is 7.85. The lowest BCUT2D eigenvalue weighted by Gasteiger charge is -2.55. The van der Waals surface area contributed by atoms with Crippen LogP contribution in [0, 0.1) is 5.92 Å². The summed E-state index contributed by atoms with van der Waals surface area (Å²) in [6.07, 6.45) is 5.52. The number of nitrogens with zero attached hydrogens (tertiary/aromatic N) is 5. The molecule has 6 rings (SSSR count). The zero-order chi connectivity index (χ0) is 23.8. The maximum atomic E-state index is 13.3. The normalized spacial score (nSPS) is 22.8. The number of hydrogen-bond acceptors (Lipinski definition) is 6. The fourth-order valence-electron chi connectivity index (χ4n) is 6.00. The van der Waals surface area contributed by atoms with Crippen molar-refractivity contribution in [2.24, 2.45) is 20.0 Å². The largest absolute Gasteiger partial charge is 0.497 e. The maximum absolute atomic E-state index is 13.3. The summed E-state index contributed by atoms with van der Waals surface area (Å²) in [7, 11) is 1.81. The number of aryl methyl sites for hydroxylation is 2. The van der Waals surface area contributed by atoms with E-state index >= 15 is 0 Å². The van der Waals surface area contributed by atoms with Crippen LogP contribution in [0.4, 0.5) is 0 Å². The fourth-order valence-corrected chi connectivity index (χ4v) is 7.58. The molecule has 2 aliphatic heterocycles. The molecule has 3 aliphatic rings. The number of hydrogen-bond donors (Lipinski definition) is 1. The minimum absolute atomic E-state index is 0.0348. The molecule has 0 bridgehead atoms. The highest BCUT2D eigenvalue weighted by molar-refractivity contribution is 7.89. The van der Waals surface area contributed by atoms with Gasteiger partial charge in [0.15, 0.2) is 5.03 Å². The summed E-state index contributed by atoms with van der Waals surface area (Å²) in [5.74, 6) is 1.44. The molecule has 1 aromatic carbocycles. The third-order valence-corrected chi connectivity index (χ3v) is 9.53. The molecular formula is C24H31N5O4S. The summed E-state index contributed by atoms with van der Waals surface area (Å²) in [4.78, 5) is 6.49. The molecule has 1 saturated carbocycles. The monoisotopic (exact) mass is 485 g/mol. The summed E-state index contributed by atoms with van der Waals surface area (Å²) in [5, 5.41) is 11.7. The first kappa shape index (κ1) is 22.1. The van der Waals surface area contributed by atoms with Gasteiger partial charge in [-0.3, -0.25) is 4.90 Å². The number of sulfonamides is 1. The number of benzene rings is 1. The predicted octanol–water partition coefficient (Wildman–Crippen LogP) is 1.62. The SMILES string of the molecule is COc1ccc2c3c(n(C)c2c1)[C@@H](CO)N(CC1CC1)CC31CN(S(=O)(=O)c2cn(C)cn2)C1. The lowest BCUT2D eigenvalue weighted by molar-refractivity contribution is 0.0263. The van der Waals surface area contributed by atoms with Gasteiger partial charge in [-0.1, -0.05) is 0 Å². The van der Waals surface area contributed by atoms with Crippen LogP contribution in [-0.4, -0.2) is 76.7 Å². The average molecular weight is 486 g/mol. The van der Waals surface area contributed by atoms with Crippen molar-refractivity contribution in [2.75, 3.05) is 39.9 Å². The van der Waals surface area contributed by atoms with Crippen molar-refractivity contribution in [3.05, 3.63) is 42.0 Å². The highest BCUT2D eigenvalue weighted by Crippen LogP contribution is 2.51. The molecule has 34 heavy (non-hydrogen) atoms. The molecule has 1 aliphatic carbocycles. The van der Waals surface area contributed by atoms with E-state index in [0.717, 1.165) is 35.4 Å². The first-order valence-corrected chi connectivity index (χ1v) is 13.2. The number of aliphatic hydroxyl groups excluding tert-OH is 1. The Morgan fingerprint density at radius 3 is 2.59 bits per heavy atom. The highest BCUT2D eigenvalue weighted by atomic mass is 32.2. The maximum Gasteiger partial charge on any atom is 0.262 e. The predicted molar refractivity (Wildman–Crippen MR) is 127 cm³/mol. The lowest BCUT2D eigenvalue weighted by atomic mass is 9.70. The zero-order valence-electron chi connectivity index (χ0n) is 19.8. The molecule has 2 aromatic heterocycles. The Hall–Kier alpha value is -2.40. The van der Waals surface area contributed by atoms with Crippen molar-refractivity contribution in [1.82, 2.24) is 23.3 Å². The number of methoxy groups -OCH3 is 1. The number of imidazole rings is 1. The van der Waals surface area contributed by atoms with Crippen molar-refractivity contribution in [3.8, 4) is 5.75 Å². The van der Waals surface area contributed by atoms with Gasteiger partial charge in [0.25, 0.3) is 10.0 Å². The van der Waals surface area contributed by atoms with Gasteiger partial charge < -0.3 is 19.0 Å². The zero-order valence-corrected chi connectivity index (χ0v) is 20.6. The first-order chi connectivity index (χ1) is 16.3. The van der Waals surface area contributed by atoms with Crippen LogP contribution in [0.25, 0.3) is 10.9 Å². The molecule has 1 atom stereocenters. The second kappa shape index (κ2) is 7.55. The second-order valence-electron chi connectivity index (χ2n) is 10.2. The smallest absolute Gasteiger partial charge is 0.262 e. The van der Waals surface area contributed by atoms with E-state index in [2.05, 4.69) is 20.5 Å². The Balaban J connectivity index is 1.46. The van der Waals surface area contributed by atoms with Gasteiger partial charge in [-0.25, -0.2) is 13.4 Å². The van der Waals surface area contributed by atoms with Crippen LogP contribution >= 0.6 is 0 Å². The summed E-state index contributed by atoms with van der Waals surface area (Å²) < 4.78 is 37.4. The third kappa shape index (κ3) is 3.16. The van der Waals surface area contributed by atoms with Crippen LogP contribution in [0.2, 0.25) is 0 Å². The number of aromatic nitrogens is 3. The number of ether oxygens (including phenoxy) is 1. The fraction of sp³-hybridized carbons (Fsp3) is 0.542. The average Bonchev–Trinajstić information content (AvgIpc) is 3.42. The summed E-state index contributed by atoms with van der Waals surface area (Å²) >= 11 is 0. The van der Waals surface area contributed by atoms with Crippen molar-refractivity contribution < 1.29 is 18.3 Å². The quantitative estimate of drug-likeness (QED) is 0.571. The van der Waals surface area contributed by atoms with Crippen LogP contribution in [0.5, 0.6) is 5.75 Å². The topological polar surface area (TPSA) is 92.8 Å². The molecule has 2 fully saturated rings. The summed E-state index contributed by atoms with van der Waals surface area (Å²) in [6.45, 7) is 2.52. The van der Waals surface area contributed by atoms with Gasteiger partial charge in [0, 0.05) is 69.0 Å². The lowest BCUT2D eigenvalue weighted by Crippen LogP contribution is -2.67. The molecule has 1 spiro atoms. The van der Waals surface area contributed by atoms with Crippen LogP contribution < -0.4 is 4.74 Å². The molecule has 10 heteroatoms. The van der Waals surface area contributed by atoms with Crippen molar-refractivity contribution in [1.29, 1.82) is 0 Å². The van der Waals surface area contributed by atoms with E-state index in [-0.39, 0.29) is 23.1 Å². The molecule has 4 heterocycles. The Kier molecular flexibility index (Phi) is 4.90. The minimum atomic E-state index is -3.66. The summed E-state index contributed by atoms with van der Waals surface area (Å²) in [6, 6.07) is 5.96. The van der Waals surface area contributed by atoms with Crippen molar-refractivity contribution in [2.45, 2.75) is 29.3 Å². The molecule has 0 amide bonds. The van der Waals surface area contributed by atoms with E-state index in [9.17, 15) is 13.5 Å². The van der Waals surface area contributed by atoms with E-state index in [1.807, 2.05) is 19.2 Å². The molecule has 1 saturated heterocycles. The van der Waals surface area contributed by atoms with Crippen LogP contribution in [0.15, 0.2) is 35.7 Å². The summed E-state index contributed by atoms with van der Waals surface area (Å²) in [5.41, 5.74) is 2.98. The highest BCUT2D eigenvalue weighted by Gasteiger charge is 2.56. The van der Waals surface area contributed by atoms with E-state index in [4.69, 9.17) is 4.74 Å².